The van der Waals surface area contributed by atoms with Crippen molar-refractivity contribution >= 4 is 23.4 Å². The van der Waals surface area contributed by atoms with Crippen molar-refractivity contribution in [3.63, 3.8) is 0 Å². The quantitative estimate of drug-likeness (QED) is 0.776. The Bertz CT molecular complexity index is 295. The number of alkyl carbamates (subject to hydrolysis) is 1. The average molecular weight is 272 g/mol. The zero-order valence-corrected chi connectivity index (χ0v) is 12.3. The van der Waals surface area contributed by atoms with Gasteiger partial charge in [-0.2, -0.15) is 0 Å². The summed E-state index contributed by atoms with van der Waals surface area (Å²) in [7, 11) is 0. The molecule has 0 bridgehead atoms. The molecule has 104 valence electrons. The zero-order valence-electron chi connectivity index (χ0n) is 11.5. The predicted molar refractivity (Wildman–Crippen MR) is 76.5 cm³/mol. The van der Waals surface area contributed by atoms with Gasteiger partial charge in [0, 0.05) is 6.04 Å². The van der Waals surface area contributed by atoms with Gasteiger partial charge in [-0.05, 0) is 36.9 Å². The summed E-state index contributed by atoms with van der Waals surface area (Å²) in [6, 6.07) is 0.372. The van der Waals surface area contributed by atoms with Crippen molar-refractivity contribution in [2.75, 3.05) is 6.61 Å². The number of carbonyl (C=O) groups is 1. The van der Waals surface area contributed by atoms with Gasteiger partial charge >= 0.3 is 6.09 Å². The Kier molecular flexibility index (Phi) is 6.39. The number of carbonyl (C=O) groups excluding carboxylic acids is 1. The highest BCUT2D eigenvalue weighted by molar-refractivity contribution is 7.80. The van der Waals surface area contributed by atoms with Crippen molar-refractivity contribution in [3.8, 4) is 0 Å². The summed E-state index contributed by atoms with van der Waals surface area (Å²) in [5, 5.41) is 6.15. The third-order valence-corrected chi connectivity index (χ3v) is 3.41. The van der Waals surface area contributed by atoms with E-state index in [-0.39, 0.29) is 0 Å². The van der Waals surface area contributed by atoms with Gasteiger partial charge in [0.1, 0.15) is 0 Å². The summed E-state index contributed by atoms with van der Waals surface area (Å²) in [6.45, 7) is 6.62. The topological polar surface area (TPSA) is 50.4 Å². The highest BCUT2D eigenvalue weighted by atomic mass is 32.1. The fourth-order valence-corrected chi connectivity index (χ4v) is 2.34. The Morgan fingerprint density at radius 2 is 2.06 bits per heavy atom. The molecular formula is C13H24N2O2S. The van der Waals surface area contributed by atoms with Crippen LogP contribution in [0.15, 0.2) is 0 Å². The molecule has 0 spiro atoms. The normalized spacial score (nSPS) is 23.6. The lowest BCUT2D eigenvalue weighted by molar-refractivity contribution is 0.138. The van der Waals surface area contributed by atoms with Crippen LogP contribution in [0.25, 0.3) is 0 Å². The first kappa shape index (κ1) is 15.2. The molecule has 1 aliphatic rings. The molecule has 5 heteroatoms. The van der Waals surface area contributed by atoms with Crippen molar-refractivity contribution in [2.45, 2.75) is 52.5 Å². The van der Waals surface area contributed by atoms with E-state index in [1.54, 1.807) is 0 Å². The van der Waals surface area contributed by atoms with Crippen LogP contribution in [0.1, 0.15) is 46.5 Å². The van der Waals surface area contributed by atoms with Gasteiger partial charge in [0.2, 0.25) is 0 Å². The standard InChI is InChI=1S/C13H24N2O2S/c1-9(2)8-17-13(16)15-12(18)14-11-7-5-4-6-10(11)3/h9-11H,4-8H2,1-3H3,(H2,14,15,16,18). The van der Waals surface area contributed by atoms with E-state index in [0.29, 0.717) is 29.6 Å². The summed E-state index contributed by atoms with van der Waals surface area (Å²) in [5.41, 5.74) is 0. The maximum atomic E-state index is 11.4. The molecule has 2 atom stereocenters. The van der Waals surface area contributed by atoms with E-state index in [9.17, 15) is 4.79 Å². The molecule has 0 aromatic rings. The Morgan fingerprint density at radius 1 is 1.39 bits per heavy atom. The van der Waals surface area contributed by atoms with E-state index in [0.717, 1.165) is 6.42 Å². The minimum Gasteiger partial charge on any atom is -0.449 e. The first-order valence-corrected chi connectivity index (χ1v) is 7.14. The summed E-state index contributed by atoms with van der Waals surface area (Å²) >= 11 is 5.12. The third kappa shape index (κ3) is 5.67. The van der Waals surface area contributed by atoms with E-state index < -0.39 is 6.09 Å². The fraction of sp³-hybridized carbons (Fsp3) is 0.846. The molecule has 1 aliphatic carbocycles. The Hall–Kier alpha value is -0.840. The Morgan fingerprint density at radius 3 is 2.67 bits per heavy atom. The molecule has 1 fully saturated rings. The smallest absolute Gasteiger partial charge is 0.413 e. The van der Waals surface area contributed by atoms with Gasteiger partial charge in [0.05, 0.1) is 6.61 Å². The van der Waals surface area contributed by atoms with Crippen molar-refractivity contribution < 1.29 is 9.53 Å². The van der Waals surface area contributed by atoms with Crippen LogP contribution >= 0.6 is 12.2 Å². The lowest BCUT2D eigenvalue weighted by Gasteiger charge is -2.30. The first-order valence-electron chi connectivity index (χ1n) is 6.73. The number of hydrogen-bond donors (Lipinski definition) is 2. The van der Waals surface area contributed by atoms with Crippen LogP contribution in [-0.4, -0.2) is 23.9 Å². The highest BCUT2D eigenvalue weighted by Gasteiger charge is 2.22. The second-order valence-electron chi connectivity index (χ2n) is 5.46. The minimum atomic E-state index is -0.468. The minimum absolute atomic E-state index is 0.329. The summed E-state index contributed by atoms with van der Waals surface area (Å²) in [4.78, 5) is 11.4. The van der Waals surface area contributed by atoms with Crippen LogP contribution in [0.3, 0.4) is 0 Å². The Labute approximate surface area is 115 Å². The molecule has 0 aromatic carbocycles. The van der Waals surface area contributed by atoms with Crippen LogP contribution in [0.5, 0.6) is 0 Å². The summed E-state index contributed by atoms with van der Waals surface area (Å²) in [6.07, 6.45) is 4.38. The maximum Gasteiger partial charge on any atom is 0.413 e. The molecule has 0 aromatic heterocycles. The SMILES string of the molecule is CC(C)COC(=O)NC(=S)NC1CCCCC1C. The highest BCUT2D eigenvalue weighted by Crippen LogP contribution is 2.23. The maximum absolute atomic E-state index is 11.4. The van der Waals surface area contributed by atoms with Crippen LogP contribution in [0.4, 0.5) is 4.79 Å². The monoisotopic (exact) mass is 272 g/mol. The van der Waals surface area contributed by atoms with Gasteiger partial charge in [0.25, 0.3) is 0 Å². The van der Waals surface area contributed by atoms with Crippen molar-refractivity contribution in [2.24, 2.45) is 11.8 Å². The number of hydrogen-bond acceptors (Lipinski definition) is 3. The van der Waals surface area contributed by atoms with Crippen LogP contribution in [0.2, 0.25) is 0 Å². The lowest BCUT2D eigenvalue weighted by atomic mass is 9.86. The number of rotatable bonds is 3. The molecule has 0 saturated heterocycles. The van der Waals surface area contributed by atoms with E-state index in [2.05, 4.69) is 17.6 Å². The summed E-state index contributed by atoms with van der Waals surface area (Å²) < 4.78 is 5.01. The molecule has 0 aliphatic heterocycles. The van der Waals surface area contributed by atoms with Crippen molar-refractivity contribution in [1.82, 2.24) is 10.6 Å². The van der Waals surface area contributed by atoms with Crippen molar-refractivity contribution in [3.05, 3.63) is 0 Å². The van der Waals surface area contributed by atoms with E-state index in [4.69, 9.17) is 17.0 Å². The van der Waals surface area contributed by atoms with Crippen molar-refractivity contribution in [1.29, 1.82) is 0 Å². The van der Waals surface area contributed by atoms with Gasteiger partial charge in [-0.15, -0.1) is 0 Å². The second kappa shape index (κ2) is 7.56. The molecule has 2 unspecified atom stereocenters. The zero-order chi connectivity index (χ0) is 13.5. The number of thiocarbonyl (C=S) groups is 1. The molecule has 1 rings (SSSR count). The largest absolute Gasteiger partial charge is 0.449 e. The van der Waals surface area contributed by atoms with E-state index in [1.165, 1.54) is 19.3 Å². The van der Waals surface area contributed by atoms with Gasteiger partial charge in [0.15, 0.2) is 5.11 Å². The molecular weight excluding hydrogens is 248 g/mol. The van der Waals surface area contributed by atoms with Crippen LogP contribution in [-0.2, 0) is 4.74 Å². The van der Waals surface area contributed by atoms with E-state index >= 15 is 0 Å². The Balaban J connectivity index is 2.25. The second-order valence-corrected chi connectivity index (χ2v) is 5.87. The average Bonchev–Trinajstić information content (AvgIpc) is 2.29. The number of nitrogens with one attached hydrogen (secondary N) is 2. The number of amides is 1. The molecule has 0 heterocycles. The lowest BCUT2D eigenvalue weighted by Crippen LogP contribution is -2.47. The van der Waals surface area contributed by atoms with Gasteiger partial charge < -0.3 is 10.1 Å². The molecule has 2 N–H and O–H groups in total. The molecule has 0 radical (unpaired) electrons. The molecule has 18 heavy (non-hydrogen) atoms. The van der Waals surface area contributed by atoms with E-state index in [1.807, 2.05) is 13.8 Å². The molecule has 1 amide bonds. The molecule has 1 saturated carbocycles. The van der Waals surface area contributed by atoms with Gasteiger partial charge in [-0.1, -0.05) is 33.6 Å². The van der Waals surface area contributed by atoms with Gasteiger partial charge in [-0.3, -0.25) is 5.32 Å². The van der Waals surface area contributed by atoms with Crippen LogP contribution < -0.4 is 10.6 Å². The van der Waals surface area contributed by atoms with Gasteiger partial charge in [-0.25, -0.2) is 4.79 Å². The third-order valence-electron chi connectivity index (χ3n) is 3.19. The number of ether oxygens (including phenoxy) is 1. The van der Waals surface area contributed by atoms with Crippen LogP contribution in [0, 0.1) is 11.8 Å². The predicted octanol–water partition coefficient (Wildman–Crippen LogP) is 2.82. The molecule has 4 nitrogen and oxygen atoms in total. The fourth-order valence-electron chi connectivity index (χ4n) is 2.11. The summed E-state index contributed by atoms with van der Waals surface area (Å²) in [5.74, 6) is 0.931. The first-order chi connectivity index (χ1) is 8.49.